The lowest BCUT2D eigenvalue weighted by molar-refractivity contribution is -0.130. The number of hydrogen-bond acceptors (Lipinski definition) is 4. The highest BCUT2D eigenvalue weighted by Crippen LogP contribution is 2.20. The zero-order chi connectivity index (χ0) is 20.5. The van der Waals surface area contributed by atoms with Crippen molar-refractivity contribution in [1.29, 1.82) is 0 Å². The third-order valence-electron chi connectivity index (χ3n) is 5.14. The Labute approximate surface area is 172 Å². The molecule has 0 saturated carbocycles. The van der Waals surface area contributed by atoms with Gasteiger partial charge in [-0.25, -0.2) is 4.79 Å². The summed E-state index contributed by atoms with van der Waals surface area (Å²) in [5, 5.41) is 5.77. The minimum absolute atomic E-state index is 0.159. The van der Waals surface area contributed by atoms with E-state index in [0.717, 1.165) is 62.4 Å². The molecule has 29 heavy (non-hydrogen) atoms. The highest BCUT2D eigenvalue weighted by atomic mass is 16.2. The van der Waals surface area contributed by atoms with Crippen LogP contribution >= 0.6 is 0 Å². The van der Waals surface area contributed by atoms with Gasteiger partial charge in [0.2, 0.25) is 5.91 Å². The van der Waals surface area contributed by atoms with Gasteiger partial charge in [0.05, 0.1) is 0 Å². The van der Waals surface area contributed by atoms with E-state index in [1.165, 1.54) is 0 Å². The number of pyridine rings is 1. The minimum Gasteiger partial charge on any atom is -0.340 e. The van der Waals surface area contributed by atoms with Crippen molar-refractivity contribution < 1.29 is 9.59 Å². The van der Waals surface area contributed by atoms with Crippen LogP contribution in [0.2, 0.25) is 0 Å². The van der Waals surface area contributed by atoms with Gasteiger partial charge in [-0.2, -0.15) is 0 Å². The molecule has 7 nitrogen and oxygen atoms in total. The minimum atomic E-state index is -0.186. The molecule has 0 aliphatic carbocycles. The molecule has 1 aliphatic heterocycles. The first-order valence-electron chi connectivity index (χ1n) is 10.1. The van der Waals surface area contributed by atoms with Gasteiger partial charge in [0.25, 0.3) is 0 Å². The van der Waals surface area contributed by atoms with Crippen molar-refractivity contribution in [2.24, 2.45) is 0 Å². The summed E-state index contributed by atoms with van der Waals surface area (Å²) in [5.41, 5.74) is 2.87. The first-order valence-corrected chi connectivity index (χ1v) is 10.1. The Kier molecular flexibility index (Phi) is 7.58. The van der Waals surface area contributed by atoms with E-state index in [0.29, 0.717) is 6.54 Å². The molecule has 1 aromatic carbocycles. The lowest BCUT2D eigenvalue weighted by Crippen LogP contribution is -2.48. The maximum Gasteiger partial charge on any atom is 0.319 e. The summed E-state index contributed by atoms with van der Waals surface area (Å²) < 4.78 is 0. The molecule has 154 valence electrons. The Morgan fingerprint density at radius 1 is 1.00 bits per heavy atom. The molecular weight excluding hydrogens is 366 g/mol. The van der Waals surface area contributed by atoms with E-state index < -0.39 is 0 Å². The molecule has 2 heterocycles. The molecule has 1 fully saturated rings. The van der Waals surface area contributed by atoms with Crippen molar-refractivity contribution >= 4 is 17.6 Å². The maximum atomic E-state index is 12.1. The third kappa shape index (κ3) is 6.57. The highest BCUT2D eigenvalue weighted by Gasteiger charge is 2.17. The van der Waals surface area contributed by atoms with Crippen LogP contribution in [0.25, 0.3) is 11.1 Å². The maximum absolute atomic E-state index is 12.1. The number of nitrogens with one attached hydrogen (secondary N) is 2. The second-order valence-corrected chi connectivity index (χ2v) is 7.25. The van der Waals surface area contributed by atoms with E-state index in [1.54, 1.807) is 13.1 Å². The van der Waals surface area contributed by atoms with Gasteiger partial charge >= 0.3 is 6.03 Å². The van der Waals surface area contributed by atoms with E-state index >= 15 is 0 Å². The zero-order valence-corrected chi connectivity index (χ0v) is 16.9. The number of benzene rings is 1. The summed E-state index contributed by atoms with van der Waals surface area (Å²) in [5.74, 6) is 0.159. The van der Waals surface area contributed by atoms with Gasteiger partial charge in [0.1, 0.15) is 0 Å². The average Bonchev–Trinajstić information content (AvgIpc) is 2.75. The number of urea groups is 1. The van der Waals surface area contributed by atoms with E-state index in [4.69, 9.17) is 0 Å². The van der Waals surface area contributed by atoms with Gasteiger partial charge in [0.15, 0.2) is 0 Å². The summed E-state index contributed by atoms with van der Waals surface area (Å²) in [6, 6.07) is 11.4. The van der Waals surface area contributed by atoms with Crippen molar-refractivity contribution in [2.45, 2.75) is 19.8 Å². The first-order chi connectivity index (χ1) is 14.1. The number of carbonyl (C=O) groups excluding carboxylic acids is 2. The molecule has 3 amide bonds. The Morgan fingerprint density at radius 2 is 1.76 bits per heavy atom. The number of rotatable bonds is 7. The lowest BCUT2D eigenvalue weighted by Gasteiger charge is -2.34. The van der Waals surface area contributed by atoms with Gasteiger partial charge in [-0.3, -0.25) is 14.7 Å². The fourth-order valence-corrected chi connectivity index (χ4v) is 3.40. The van der Waals surface area contributed by atoms with Crippen molar-refractivity contribution in [3.63, 3.8) is 0 Å². The summed E-state index contributed by atoms with van der Waals surface area (Å²) in [7, 11) is 0. The zero-order valence-electron chi connectivity index (χ0n) is 16.9. The Morgan fingerprint density at radius 3 is 2.41 bits per heavy atom. The predicted octanol–water partition coefficient (Wildman–Crippen LogP) is 2.81. The summed E-state index contributed by atoms with van der Waals surface area (Å²) in [6.45, 7) is 6.77. The summed E-state index contributed by atoms with van der Waals surface area (Å²) >= 11 is 0. The lowest BCUT2D eigenvalue weighted by atomic mass is 10.1. The third-order valence-corrected chi connectivity index (χ3v) is 5.14. The van der Waals surface area contributed by atoms with Crippen LogP contribution in [0.5, 0.6) is 0 Å². The molecule has 1 saturated heterocycles. The van der Waals surface area contributed by atoms with Crippen LogP contribution in [0.3, 0.4) is 0 Å². The fraction of sp³-hybridized carbons (Fsp3) is 0.409. The Balaban J connectivity index is 1.30. The molecule has 1 aromatic heterocycles. The molecule has 2 N–H and O–H groups in total. The fourth-order valence-electron chi connectivity index (χ4n) is 3.40. The number of anilines is 1. The van der Waals surface area contributed by atoms with Crippen LogP contribution < -0.4 is 10.6 Å². The molecular formula is C22H29N5O2. The predicted molar refractivity (Wildman–Crippen MR) is 115 cm³/mol. The molecule has 0 bridgehead atoms. The molecule has 0 atom stereocenters. The summed E-state index contributed by atoms with van der Waals surface area (Å²) in [4.78, 5) is 31.8. The van der Waals surface area contributed by atoms with E-state index in [2.05, 4.69) is 20.5 Å². The number of carbonyl (C=O) groups is 2. The van der Waals surface area contributed by atoms with Gasteiger partial charge in [0, 0.05) is 57.7 Å². The van der Waals surface area contributed by atoms with Crippen LogP contribution in [-0.2, 0) is 4.79 Å². The van der Waals surface area contributed by atoms with Crippen LogP contribution in [0.1, 0.15) is 19.8 Å². The number of amides is 3. The van der Waals surface area contributed by atoms with Crippen LogP contribution in [0.4, 0.5) is 10.5 Å². The van der Waals surface area contributed by atoms with E-state index in [-0.39, 0.29) is 11.9 Å². The van der Waals surface area contributed by atoms with Crippen molar-refractivity contribution in [3.05, 3.63) is 48.8 Å². The smallest absolute Gasteiger partial charge is 0.319 e. The summed E-state index contributed by atoms with van der Waals surface area (Å²) in [6.07, 6.45) is 5.52. The standard InChI is InChI=1S/C22H29N5O2/c1-18(28)27-15-13-26(14-16-27)12-3-2-11-24-22(29)25-21-8-6-19(7-9-21)20-5-4-10-23-17-20/h4-10,17H,2-3,11-16H2,1H3,(H2,24,25,29). The molecule has 0 radical (unpaired) electrons. The quantitative estimate of drug-likeness (QED) is 0.707. The monoisotopic (exact) mass is 395 g/mol. The molecule has 7 heteroatoms. The number of nitrogens with zero attached hydrogens (tertiary/aromatic N) is 3. The van der Waals surface area contributed by atoms with Crippen LogP contribution in [0.15, 0.2) is 48.8 Å². The molecule has 0 unspecified atom stereocenters. The van der Waals surface area contributed by atoms with E-state index in [9.17, 15) is 9.59 Å². The van der Waals surface area contributed by atoms with Crippen molar-refractivity contribution in [2.75, 3.05) is 44.6 Å². The second kappa shape index (κ2) is 10.6. The SMILES string of the molecule is CC(=O)N1CCN(CCCCNC(=O)Nc2ccc(-c3cccnc3)cc2)CC1. The van der Waals surface area contributed by atoms with E-state index in [1.807, 2.05) is 47.5 Å². The number of unbranched alkanes of at least 4 members (excludes halogenated alkanes) is 1. The topological polar surface area (TPSA) is 77.6 Å². The molecule has 3 rings (SSSR count). The molecule has 2 aromatic rings. The van der Waals surface area contributed by atoms with Gasteiger partial charge < -0.3 is 15.5 Å². The number of piperazine rings is 1. The average molecular weight is 396 g/mol. The van der Waals surface area contributed by atoms with Gasteiger partial charge in [-0.1, -0.05) is 18.2 Å². The van der Waals surface area contributed by atoms with Crippen LogP contribution in [-0.4, -0.2) is 66.0 Å². The largest absolute Gasteiger partial charge is 0.340 e. The Bertz CT molecular complexity index is 787. The van der Waals surface area contributed by atoms with Gasteiger partial charge in [-0.15, -0.1) is 0 Å². The Hall–Kier alpha value is -2.93. The first kappa shape index (κ1) is 20.8. The molecule has 1 aliphatic rings. The number of hydrogen-bond donors (Lipinski definition) is 2. The normalized spacial score (nSPS) is 14.4. The number of aromatic nitrogens is 1. The highest BCUT2D eigenvalue weighted by molar-refractivity contribution is 5.89. The van der Waals surface area contributed by atoms with Crippen molar-refractivity contribution in [3.8, 4) is 11.1 Å². The second-order valence-electron chi connectivity index (χ2n) is 7.25. The molecule has 0 spiro atoms. The van der Waals surface area contributed by atoms with Crippen LogP contribution in [0, 0.1) is 0 Å². The van der Waals surface area contributed by atoms with Crippen molar-refractivity contribution in [1.82, 2.24) is 20.1 Å². The van der Waals surface area contributed by atoms with Gasteiger partial charge in [-0.05, 0) is 48.7 Å².